The van der Waals surface area contributed by atoms with Gasteiger partial charge in [0.2, 0.25) is 0 Å². The maximum absolute atomic E-state index is 12.0. The van der Waals surface area contributed by atoms with Crippen molar-refractivity contribution in [2.24, 2.45) is 0 Å². The minimum absolute atomic E-state index is 0.0766. The van der Waals surface area contributed by atoms with Gasteiger partial charge in [0.1, 0.15) is 5.82 Å². The van der Waals surface area contributed by atoms with Gasteiger partial charge in [0, 0.05) is 12.0 Å². The van der Waals surface area contributed by atoms with Gasteiger partial charge in [0.05, 0.1) is 5.69 Å². The third-order valence-electron chi connectivity index (χ3n) is 3.73. The minimum Gasteiger partial charge on any atom is -0.310 e. The summed E-state index contributed by atoms with van der Waals surface area (Å²) in [4.78, 5) is 19.6. The van der Waals surface area contributed by atoms with Crippen molar-refractivity contribution >= 4 is 0 Å². The molecule has 19 heavy (non-hydrogen) atoms. The van der Waals surface area contributed by atoms with E-state index in [9.17, 15) is 4.79 Å². The molecule has 1 aliphatic carbocycles. The molecule has 0 saturated carbocycles. The number of fused-ring (bicyclic) bond motifs is 1. The average molecular weight is 254 g/mol. The van der Waals surface area contributed by atoms with Crippen molar-refractivity contribution < 1.29 is 0 Å². The Balaban J connectivity index is 1.78. The quantitative estimate of drug-likeness (QED) is 0.914. The van der Waals surface area contributed by atoms with Crippen molar-refractivity contribution in [2.75, 3.05) is 0 Å². The van der Waals surface area contributed by atoms with Crippen LogP contribution in [0.5, 0.6) is 0 Å². The molecule has 3 rings (SSSR count). The Kier molecular flexibility index (Phi) is 3.45. The number of aromatic nitrogens is 2. The lowest BCUT2D eigenvalue weighted by molar-refractivity contribution is 0.645. The second-order valence-corrected chi connectivity index (χ2v) is 5.13. The van der Waals surface area contributed by atoms with Crippen molar-refractivity contribution in [1.29, 1.82) is 0 Å². The second kappa shape index (κ2) is 5.39. The molecule has 0 bridgehead atoms. The van der Waals surface area contributed by atoms with E-state index in [0.29, 0.717) is 0 Å². The molecule has 98 valence electrons. The lowest BCUT2D eigenvalue weighted by Gasteiger charge is -2.14. The fraction of sp³-hybridized carbons (Fsp3) is 0.375. The molecule has 2 aromatic rings. The zero-order valence-corrected chi connectivity index (χ0v) is 11.0. The Hall–Kier alpha value is -1.90. The maximum atomic E-state index is 12.0. The number of rotatable bonds is 3. The summed E-state index contributed by atoms with van der Waals surface area (Å²) in [6.45, 7) is 0. The molecule has 0 atom stereocenters. The molecule has 1 aromatic heterocycles. The summed E-state index contributed by atoms with van der Waals surface area (Å²) < 4.78 is 0. The number of nitrogens with zero attached hydrogens (tertiary/aromatic N) is 1. The van der Waals surface area contributed by atoms with Gasteiger partial charge in [-0.15, -0.1) is 0 Å². The third kappa shape index (κ3) is 2.75. The molecule has 3 heteroatoms. The molecule has 0 aliphatic heterocycles. The predicted molar refractivity (Wildman–Crippen MR) is 75.3 cm³/mol. The normalized spacial score (nSPS) is 14.1. The number of H-pyrrole nitrogens is 1. The van der Waals surface area contributed by atoms with Crippen molar-refractivity contribution in [3.05, 3.63) is 63.3 Å². The van der Waals surface area contributed by atoms with Crippen LogP contribution in [0.4, 0.5) is 0 Å². The van der Waals surface area contributed by atoms with Gasteiger partial charge in [-0.1, -0.05) is 30.3 Å². The lowest BCUT2D eigenvalue weighted by atomic mass is 9.97. The number of nitrogens with one attached hydrogen (secondary N) is 1. The van der Waals surface area contributed by atoms with Crippen molar-refractivity contribution in [3.8, 4) is 0 Å². The van der Waals surface area contributed by atoms with Gasteiger partial charge in [0.15, 0.2) is 0 Å². The summed E-state index contributed by atoms with van der Waals surface area (Å²) in [6.07, 6.45) is 5.83. The molecule has 1 heterocycles. The number of hydrogen-bond donors (Lipinski definition) is 1. The number of hydrogen-bond acceptors (Lipinski definition) is 2. The monoisotopic (exact) mass is 254 g/mol. The predicted octanol–water partition coefficient (Wildman–Crippen LogP) is 2.43. The Morgan fingerprint density at radius 2 is 1.84 bits per heavy atom. The van der Waals surface area contributed by atoms with Gasteiger partial charge in [0.25, 0.3) is 5.56 Å². The van der Waals surface area contributed by atoms with Gasteiger partial charge in [-0.2, -0.15) is 0 Å². The van der Waals surface area contributed by atoms with Crippen LogP contribution in [0.1, 0.15) is 35.5 Å². The Bertz CT molecular complexity index is 616. The molecule has 3 nitrogen and oxygen atoms in total. The van der Waals surface area contributed by atoms with Gasteiger partial charge in [-0.3, -0.25) is 4.79 Å². The zero-order chi connectivity index (χ0) is 13.1. The fourth-order valence-corrected chi connectivity index (χ4v) is 2.68. The van der Waals surface area contributed by atoms with Crippen LogP contribution in [0.3, 0.4) is 0 Å². The highest BCUT2D eigenvalue weighted by atomic mass is 16.1. The third-order valence-corrected chi connectivity index (χ3v) is 3.73. The first-order valence-electron chi connectivity index (χ1n) is 6.98. The van der Waals surface area contributed by atoms with E-state index < -0.39 is 0 Å². The first kappa shape index (κ1) is 12.2. The summed E-state index contributed by atoms with van der Waals surface area (Å²) in [5.74, 6) is 0.828. The number of aryl methyl sites for hydroxylation is 3. The van der Waals surface area contributed by atoms with E-state index in [0.717, 1.165) is 55.6 Å². The largest absolute Gasteiger partial charge is 0.310 e. The topological polar surface area (TPSA) is 45.8 Å². The summed E-state index contributed by atoms with van der Waals surface area (Å²) in [5, 5.41) is 0. The van der Waals surface area contributed by atoms with E-state index in [2.05, 4.69) is 22.1 Å². The van der Waals surface area contributed by atoms with Crippen LogP contribution in [0, 0.1) is 0 Å². The first-order valence-corrected chi connectivity index (χ1v) is 6.98. The summed E-state index contributed by atoms with van der Waals surface area (Å²) in [7, 11) is 0. The molecular formula is C16H18N2O. The Morgan fingerprint density at radius 1 is 1.05 bits per heavy atom. The van der Waals surface area contributed by atoms with Crippen LogP contribution < -0.4 is 5.56 Å². The lowest BCUT2D eigenvalue weighted by Crippen LogP contribution is -2.23. The van der Waals surface area contributed by atoms with Gasteiger partial charge < -0.3 is 4.98 Å². The first-order chi connectivity index (χ1) is 9.33. The van der Waals surface area contributed by atoms with Crippen LogP contribution in [0.25, 0.3) is 0 Å². The van der Waals surface area contributed by atoms with E-state index in [4.69, 9.17) is 0 Å². The highest BCUT2D eigenvalue weighted by Crippen LogP contribution is 2.16. The number of aromatic amines is 1. The smallest absolute Gasteiger partial charge is 0.254 e. The molecule has 0 spiro atoms. The molecule has 1 aliphatic rings. The van der Waals surface area contributed by atoms with E-state index in [1.54, 1.807) is 0 Å². The average Bonchev–Trinajstić information content (AvgIpc) is 2.46. The van der Waals surface area contributed by atoms with Gasteiger partial charge in [-0.25, -0.2) is 4.98 Å². The van der Waals surface area contributed by atoms with Crippen LogP contribution >= 0.6 is 0 Å². The minimum atomic E-state index is 0.0766. The van der Waals surface area contributed by atoms with Crippen LogP contribution in [0.15, 0.2) is 35.1 Å². The fourth-order valence-electron chi connectivity index (χ4n) is 2.68. The highest BCUT2D eigenvalue weighted by Gasteiger charge is 2.15. The Labute approximate surface area is 112 Å². The molecule has 1 N–H and O–H groups in total. The van der Waals surface area contributed by atoms with Gasteiger partial charge in [-0.05, 0) is 37.7 Å². The van der Waals surface area contributed by atoms with Gasteiger partial charge >= 0.3 is 0 Å². The molecule has 0 radical (unpaired) electrons. The maximum Gasteiger partial charge on any atom is 0.254 e. The van der Waals surface area contributed by atoms with Crippen LogP contribution in [-0.4, -0.2) is 9.97 Å². The summed E-state index contributed by atoms with van der Waals surface area (Å²) >= 11 is 0. The van der Waals surface area contributed by atoms with Crippen LogP contribution in [0.2, 0.25) is 0 Å². The highest BCUT2D eigenvalue weighted by molar-refractivity contribution is 5.21. The second-order valence-electron chi connectivity index (χ2n) is 5.13. The standard InChI is InChI=1S/C16H18N2O/c19-16-13-8-4-5-9-14(13)17-15(18-16)11-10-12-6-2-1-3-7-12/h1-3,6-7H,4-5,8-11H2,(H,17,18,19). The zero-order valence-electron chi connectivity index (χ0n) is 11.0. The Morgan fingerprint density at radius 3 is 2.68 bits per heavy atom. The van der Waals surface area contributed by atoms with E-state index in [-0.39, 0.29) is 5.56 Å². The molecule has 0 fully saturated rings. The van der Waals surface area contributed by atoms with E-state index in [1.807, 2.05) is 18.2 Å². The SMILES string of the molecule is O=c1[nH]c(CCc2ccccc2)nc2c1CCCC2. The molecule has 0 unspecified atom stereocenters. The van der Waals surface area contributed by atoms with E-state index in [1.165, 1.54) is 5.56 Å². The number of benzene rings is 1. The van der Waals surface area contributed by atoms with Crippen LogP contribution in [-0.2, 0) is 25.7 Å². The summed E-state index contributed by atoms with van der Waals surface area (Å²) in [5.41, 5.74) is 3.29. The van der Waals surface area contributed by atoms with Crippen molar-refractivity contribution in [3.63, 3.8) is 0 Å². The molecule has 0 amide bonds. The summed E-state index contributed by atoms with van der Waals surface area (Å²) in [6, 6.07) is 10.3. The van der Waals surface area contributed by atoms with E-state index >= 15 is 0 Å². The van der Waals surface area contributed by atoms with Crippen molar-refractivity contribution in [2.45, 2.75) is 38.5 Å². The molecular weight excluding hydrogens is 236 g/mol. The molecule has 0 saturated heterocycles. The van der Waals surface area contributed by atoms with Crippen molar-refractivity contribution in [1.82, 2.24) is 9.97 Å². The molecule has 1 aromatic carbocycles.